The molecule has 2 aromatic heterocycles. The lowest BCUT2D eigenvalue weighted by Crippen LogP contribution is -2.34. The third-order valence-corrected chi connectivity index (χ3v) is 5.40. The van der Waals surface area contributed by atoms with Crippen LogP contribution in [0, 0.1) is 18.6 Å². The molecule has 1 saturated heterocycles. The molecule has 26 heavy (non-hydrogen) atoms. The molecule has 3 aromatic rings. The number of hydrogen-bond donors (Lipinski definition) is 0. The quantitative estimate of drug-likeness (QED) is 0.684. The second-order valence-corrected chi connectivity index (χ2v) is 7.40. The lowest BCUT2D eigenvalue weighted by atomic mass is 9.93. The normalized spacial score (nSPS) is 18.3. The van der Waals surface area contributed by atoms with Crippen molar-refractivity contribution in [1.29, 1.82) is 0 Å². The Morgan fingerprint density at radius 1 is 1.27 bits per heavy atom. The van der Waals surface area contributed by atoms with Gasteiger partial charge in [-0.15, -0.1) is 5.10 Å². The Labute approximate surface area is 153 Å². The number of aromatic nitrogens is 3. The molecule has 0 N–H and O–H groups in total. The predicted octanol–water partition coefficient (Wildman–Crippen LogP) is 4.16. The van der Waals surface area contributed by atoms with Crippen LogP contribution in [-0.4, -0.2) is 32.7 Å². The fourth-order valence-electron chi connectivity index (χ4n) is 3.42. The summed E-state index contributed by atoms with van der Waals surface area (Å²) >= 11 is 1.31. The average molecular weight is 376 g/mol. The molecule has 0 saturated carbocycles. The molecule has 136 valence electrons. The average Bonchev–Trinajstić information content (AvgIpc) is 3.27. The van der Waals surface area contributed by atoms with Crippen molar-refractivity contribution in [2.45, 2.75) is 32.2 Å². The van der Waals surface area contributed by atoms with Crippen LogP contribution in [0.15, 0.2) is 28.8 Å². The van der Waals surface area contributed by atoms with Gasteiger partial charge in [-0.05, 0) is 55.5 Å². The molecule has 1 fully saturated rings. The van der Waals surface area contributed by atoms with Crippen molar-refractivity contribution in [2.24, 2.45) is 0 Å². The van der Waals surface area contributed by atoms with Crippen LogP contribution < -0.4 is 0 Å². The van der Waals surface area contributed by atoms with Gasteiger partial charge in [0.25, 0.3) is 0 Å². The summed E-state index contributed by atoms with van der Waals surface area (Å²) in [6.45, 7) is 4.18. The fourth-order valence-corrected chi connectivity index (χ4v) is 4.12. The van der Waals surface area contributed by atoms with E-state index in [-0.39, 0.29) is 5.92 Å². The summed E-state index contributed by atoms with van der Waals surface area (Å²) < 4.78 is 36.0. The van der Waals surface area contributed by atoms with Gasteiger partial charge in [0.15, 0.2) is 17.4 Å². The fraction of sp³-hybridized carbons (Fsp3) is 0.389. The molecule has 3 heterocycles. The van der Waals surface area contributed by atoms with E-state index in [0.29, 0.717) is 12.3 Å². The zero-order valence-electron chi connectivity index (χ0n) is 14.3. The van der Waals surface area contributed by atoms with Gasteiger partial charge < -0.3 is 4.52 Å². The molecular formula is C18H18F2N4OS. The second-order valence-electron chi connectivity index (χ2n) is 6.64. The van der Waals surface area contributed by atoms with Gasteiger partial charge in [-0.1, -0.05) is 15.7 Å². The van der Waals surface area contributed by atoms with Gasteiger partial charge in [-0.3, -0.25) is 4.90 Å². The van der Waals surface area contributed by atoms with Crippen LogP contribution in [0.5, 0.6) is 0 Å². The van der Waals surface area contributed by atoms with E-state index in [1.165, 1.54) is 23.7 Å². The van der Waals surface area contributed by atoms with Crippen LogP contribution in [0.4, 0.5) is 8.78 Å². The summed E-state index contributed by atoms with van der Waals surface area (Å²) in [5.41, 5.74) is 2.52. The molecule has 1 aliphatic heterocycles. The summed E-state index contributed by atoms with van der Waals surface area (Å²) in [5.74, 6) is -0.688. The molecule has 1 aromatic carbocycles. The highest BCUT2D eigenvalue weighted by atomic mass is 32.1. The van der Waals surface area contributed by atoms with Crippen LogP contribution >= 0.6 is 11.5 Å². The van der Waals surface area contributed by atoms with Gasteiger partial charge in [-0.25, -0.2) is 8.78 Å². The smallest absolute Gasteiger partial charge is 0.180 e. The Morgan fingerprint density at radius 2 is 2.15 bits per heavy atom. The Bertz CT molecular complexity index is 910. The van der Waals surface area contributed by atoms with Crippen LogP contribution in [0.1, 0.15) is 35.7 Å². The topological polar surface area (TPSA) is 55.1 Å². The monoisotopic (exact) mass is 376 g/mol. The van der Waals surface area contributed by atoms with Gasteiger partial charge >= 0.3 is 0 Å². The van der Waals surface area contributed by atoms with Crippen molar-refractivity contribution in [1.82, 2.24) is 19.6 Å². The summed E-state index contributed by atoms with van der Waals surface area (Å²) in [5, 5.41) is 8.28. The molecular weight excluding hydrogens is 358 g/mol. The van der Waals surface area contributed by atoms with Crippen molar-refractivity contribution < 1.29 is 13.3 Å². The number of likely N-dealkylation sites (tertiary alicyclic amines) is 1. The molecule has 0 spiro atoms. The summed E-state index contributed by atoms with van der Waals surface area (Å²) in [6, 6.07) is 5.97. The van der Waals surface area contributed by atoms with E-state index in [1.807, 2.05) is 13.0 Å². The van der Waals surface area contributed by atoms with Crippen LogP contribution in [0.2, 0.25) is 0 Å². The first-order valence-electron chi connectivity index (χ1n) is 8.52. The minimum atomic E-state index is -0.814. The largest absolute Gasteiger partial charge is 0.355 e. The molecule has 1 atom stereocenters. The van der Waals surface area contributed by atoms with Crippen molar-refractivity contribution in [3.8, 4) is 10.6 Å². The van der Waals surface area contributed by atoms with Crippen molar-refractivity contribution in [3.05, 3.63) is 52.9 Å². The molecule has 0 unspecified atom stereocenters. The van der Waals surface area contributed by atoms with Gasteiger partial charge in [0, 0.05) is 25.1 Å². The van der Waals surface area contributed by atoms with E-state index < -0.39 is 11.6 Å². The number of piperidine rings is 1. The van der Waals surface area contributed by atoms with Crippen LogP contribution in [0.25, 0.3) is 10.6 Å². The van der Waals surface area contributed by atoms with Gasteiger partial charge in [-0.2, -0.15) is 0 Å². The summed E-state index contributed by atoms with van der Waals surface area (Å²) in [4.78, 5) is 3.17. The lowest BCUT2D eigenvalue weighted by molar-refractivity contribution is 0.198. The second kappa shape index (κ2) is 7.20. The van der Waals surface area contributed by atoms with E-state index in [1.54, 1.807) is 6.07 Å². The molecule has 0 aliphatic carbocycles. The van der Waals surface area contributed by atoms with E-state index >= 15 is 0 Å². The standard InChI is InChI=1S/C18H18F2N4OS/c1-11-7-16(25-22-11)18-17(21-23-26-18)13-3-2-6-24(10-13)9-12-4-5-14(19)15(20)8-12/h4-5,7-8,13H,2-3,6,9-10H2,1H3/t13-/m0/s1. The highest BCUT2D eigenvalue weighted by molar-refractivity contribution is 7.09. The van der Waals surface area contributed by atoms with E-state index in [4.69, 9.17) is 4.52 Å². The molecule has 4 rings (SSSR count). The Hall–Kier alpha value is -2.19. The SMILES string of the molecule is Cc1cc(-c2snnc2[C@H]2CCCN(Cc3ccc(F)c(F)c3)C2)on1. The zero-order valence-corrected chi connectivity index (χ0v) is 15.1. The first-order valence-corrected chi connectivity index (χ1v) is 9.29. The number of aryl methyl sites for hydroxylation is 1. The summed E-state index contributed by atoms with van der Waals surface area (Å²) in [6.07, 6.45) is 2.03. The van der Waals surface area contributed by atoms with E-state index in [0.717, 1.165) is 47.8 Å². The van der Waals surface area contributed by atoms with Crippen LogP contribution in [-0.2, 0) is 6.54 Å². The molecule has 1 aliphatic rings. The first kappa shape index (κ1) is 17.2. The van der Waals surface area contributed by atoms with E-state index in [9.17, 15) is 8.78 Å². The molecule has 0 bridgehead atoms. The maximum atomic E-state index is 13.4. The van der Waals surface area contributed by atoms with Crippen molar-refractivity contribution in [3.63, 3.8) is 0 Å². The molecule has 0 radical (unpaired) electrons. The number of nitrogens with zero attached hydrogens (tertiary/aromatic N) is 4. The Kier molecular flexibility index (Phi) is 4.78. The molecule has 0 amide bonds. The van der Waals surface area contributed by atoms with Crippen molar-refractivity contribution in [2.75, 3.05) is 13.1 Å². The number of hydrogen-bond acceptors (Lipinski definition) is 6. The molecule has 8 heteroatoms. The minimum Gasteiger partial charge on any atom is -0.355 e. The maximum absolute atomic E-state index is 13.4. The van der Waals surface area contributed by atoms with E-state index in [2.05, 4.69) is 19.6 Å². The third-order valence-electron chi connectivity index (χ3n) is 4.65. The lowest BCUT2D eigenvalue weighted by Gasteiger charge is -2.32. The van der Waals surface area contributed by atoms with Gasteiger partial charge in [0.1, 0.15) is 4.88 Å². The van der Waals surface area contributed by atoms with Gasteiger partial charge in [0.05, 0.1) is 11.4 Å². The first-order chi connectivity index (χ1) is 12.6. The Balaban J connectivity index is 1.51. The molecule has 5 nitrogen and oxygen atoms in total. The minimum absolute atomic E-state index is 0.230. The number of benzene rings is 1. The van der Waals surface area contributed by atoms with Gasteiger partial charge in [0.2, 0.25) is 0 Å². The predicted molar refractivity (Wildman–Crippen MR) is 93.8 cm³/mol. The Morgan fingerprint density at radius 3 is 2.92 bits per heavy atom. The maximum Gasteiger partial charge on any atom is 0.180 e. The van der Waals surface area contributed by atoms with Crippen LogP contribution in [0.3, 0.4) is 0 Å². The summed E-state index contributed by atoms with van der Waals surface area (Å²) in [7, 11) is 0. The highest BCUT2D eigenvalue weighted by Gasteiger charge is 2.28. The zero-order chi connectivity index (χ0) is 18.1. The van der Waals surface area contributed by atoms with Crippen molar-refractivity contribution >= 4 is 11.5 Å². The third kappa shape index (κ3) is 3.52. The highest BCUT2D eigenvalue weighted by Crippen LogP contribution is 2.35. The number of rotatable bonds is 4. The number of halogens is 2.